The average molecular weight is 373 g/mol. The molecule has 0 aromatic heterocycles. The lowest BCUT2D eigenvalue weighted by atomic mass is 9.97. The quantitative estimate of drug-likeness (QED) is 0.533. The third-order valence-corrected chi connectivity index (χ3v) is 5.25. The summed E-state index contributed by atoms with van der Waals surface area (Å²) in [6.45, 7) is 4.23. The Morgan fingerprint density at radius 1 is 0.607 bits per heavy atom. The van der Waals surface area contributed by atoms with Crippen molar-refractivity contribution in [1.29, 1.82) is 0 Å². The van der Waals surface area contributed by atoms with Crippen LogP contribution in [0.5, 0.6) is 0 Å². The first-order chi connectivity index (χ1) is 13.6. The number of hydrogen-bond acceptors (Lipinski definition) is 2. The lowest BCUT2D eigenvalue weighted by Crippen LogP contribution is -2.22. The molecule has 2 heteroatoms. The van der Waals surface area contributed by atoms with Crippen LogP contribution in [-0.4, -0.2) is 6.04 Å². The van der Waals surface area contributed by atoms with Crippen LogP contribution in [0.15, 0.2) is 78.9 Å². The molecular formula is C26H32N2. The summed E-state index contributed by atoms with van der Waals surface area (Å²) < 4.78 is 0. The molecule has 2 nitrogen and oxygen atoms in total. The maximum Gasteiger partial charge on any atom is 0.0461 e. The van der Waals surface area contributed by atoms with Gasteiger partial charge in [-0.3, -0.25) is 0 Å². The molecule has 0 radical (unpaired) electrons. The Hall–Kier alpha value is -2.58. The van der Waals surface area contributed by atoms with Crippen molar-refractivity contribution in [2.24, 2.45) is 5.73 Å². The molecule has 3 aromatic rings. The predicted molar refractivity (Wildman–Crippen MR) is 122 cm³/mol. The molecule has 0 heterocycles. The highest BCUT2D eigenvalue weighted by Crippen LogP contribution is 2.34. The maximum atomic E-state index is 5.63. The Morgan fingerprint density at radius 3 is 1.43 bits per heavy atom. The van der Waals surface area contributed by atoms with Gasteiger partial charge in [0.25, 0.3) is 0 Å². The molecule has 0 saturated heterocycles. The highest BCUT2D eigenvalue weighted by Gasteiger charge is 2.11. The molecular weight excluding hydrogens is 340 g/mol. The monoisotopic (exact) mass is 372 g/mol. The minimum Gasteiger partial charge on any atom is -0.328 e. The Kier molecular flexibility index (Phi) is 7.27. The van der Waals surface area contributed by atoms with E-state index in [1.165, 1.54) is 60.3 Å². The van der Waals surface area contributed by atoms with Crippen molar-refractivity contribution in [3.05, 3.63) is 90.0 Å². The molecule has 4 rings (SSSR count). The van der Waals surface area contributed by atoms with E-state index in [1.807, 2.05) is 6.07 Å². The molecule has 28 heavy (non-hydrogen) atoms. The van der Waals surface area contributed by atoms with E-state index in [1.54, 1.807) is 0 Å². The van der Waals surface area contributed by atoms with E-state index in [0.717, 1.165) is 0 Å². The Bertz CT molecular complexity index is 771. The molecule has 146 valence electrons. The van der Waals surface area contributed by atoms with Crippen molar-refractivity contribution in [3.63, 3.8) is 0 Å². The molecule has 1 aliphatic carbocycles. The van der Waals surface area contributed by atoms with Crippen LogP contribution in [0.2, 0.25) is 0 Å². The molecule has 0 aliphatic heterocycles. The van der Waals surface area contributed by atoms with Crippen LogP contribution in [0.25, 0.3) is 0 Å². The zero-order valence-electron chi connectivity index (χ0n) is 17.1. The van der Waals surface area contributed by atoms with Crippen molar-refractivity contribution >= 4 is 17.1 Å². The van der Waals surface area contributed by atoms with Crippen molar-refractivity contribution in [2.75, 3.05) is 4.90 Å². The lowest BCUT2D eigenvalue weighted by molar-refractivity contribution is 0.441. The van der Waals surface area contributed by atoms with Gasteiger partial charge in [0, 0.05) is 23.1 Å². The first-order valence-corrected chi connectivity index (χ1v) is 10.4. The summed E-state index contributed by atoms with van der Waals surface area (Å²) in [4.78, 5) is 2.28. The topological polar surface area (TPSA) is 29.3 Å². The maximum absolute atomic E-state index is 5.63. The molecule has 0 unspecified atom stereocenters. The predicted octanol–water partition coefficient (Wildman–Crippen LogP) is 7.05. The fourth-order valence-electron chi connectivity index (χ4n) is 3.55. The summed E-state index contributed by atoms with van der Waals surface area (Å²) in [6.07, 6.45) is 6.66. The molecule has 2 N–H and O–H groups in total. The van der Waals surface area contributed by atoms with Gasteiger partial charge in [-0.15, -0.1) is 0 Å². The molecule has 1 aliphatic rings. The Balaban J connectivity index is 0.000000271. The van der Waals surface area contributed by atoms with Crippen LogP contribution in [0.1, 0.15) is 43.2 Å². The first kappa shape index (κ1) is 20.2. The van der Waals surface area contributed by atoms with E-state index in [9.17, 15) is 0 Å². The number of nitrogens with zero attached hydrogens (tertiary/aromatic N) is 1. The molecule has 1 saturated carbocycles. The van der Waals surface area contributed by atoms with E-state index in [0.29, 0.717) is 6.04 Å². The van der Waals surface area contributed by atoms with E-state index in [-0.39, 0.29) is 0 Å². The third-order valence-electron chi connectivity index (χ3n) is 5.25. The summed E-state index contributed by atoms with van der Waals surface area (Å²) in [7, 11) is 0. The largest absolute Gasteiger partial charge is 0.328 e. The average Bonchev–Trinajstić information content (AvgIpc) is 2.73. The summed E-state index contributed by atoms with van der Waals surface area (Å²) in [5, 5.41) is 0. The van der Waals surface area contributed by atoms with E-state index < -0.39 is 0 Å². The van der Waals surface area contributed by atoms with Crippen LogP contribution in [-0.2, 0) is 0 Å². The Morgan fingerprint density at radius 2 is 1.04 bits per heavy atom. The van der Waals surface area contributed by atoms with Gasteiger partial charge in [0.15, 0.2) is 0 Å². The van der Waals surface area contributed by atoms with Gasteiger partial charge in [-0.25, -0.2) is 0 Å². The summed E-state index contributed by atoms with van der Waals surface area (Å²) >= 11 is 0. The number of aryl methyl sites for hydroxylation is 2. The minimum absolute atomic E-state index is 0.536. The van der Waals surface area contributed by atoms with Crippen molar-refractivity contribution < 1.29 is 0 Å². The van der Waals surface area contributed by atoms with Crippen molar-refractivity contribution in [3.8, 4) is 0 Å². The zero-order chi connectivity index (χ0) is 19.8. The summed E-state index contributed by atoms with van der Waals surface area (Å²) in [5.41, 5.74) is 11.7. The van der Waals surface area contributed by atoms with Gasteiger partial charge >= 0.3 is 0 Å². The smallest absolute Gasteiger partial charge is 0.0461 e. The van der Waals surface area contributed by atoms with Gasteiger partial charge in [0.05, 0.1) is 0 Å². The van der Waals surface area contributed by atoms with Gasteiger partial charge in [0.1, 0.15) is 0 Å². The van der Waals surface area contributed by atoms with Crippen molar-refractivity contribution in [1.82, 2.24) is 0 Å². The fraction of sp³-hybridized carbons (Fsp3) is 0.308. The van der Waals surface area contributed by atoms with Crippen LogP contribution < -0.4 is 10.6 Å². The van der Waals surface area contributed by atoms with E-state index in [4.69, 9.17) is 5.73 Å². The second-order valence-electron chi connectivity index (χ2n) is 7.74. The standard InChI is InChI=1S/C20H19N.C6H13N/c1-16-8-12-19(13-9-16)21(18-6-4-3-5-7-18)20-14-10-17(2)11-15-20;7-6-4-2-1-3-5-6/h3-15H,1-2H3;6H,1-5,7H2. The SMILES string of the molecule is Cc1ccc(N(c2ccccc2)c2ccc(C)cc2)cc1.NC1CCCCC1. The first-order valence-electron chi connectivity index (χ1n) is 10.4. The molecule has 0 amide bonds. The highest BCUT2D eigenvalue weighted by atomic mass is 15.1. The number of hydrogen-bond donors (Lipinski definition) is 1. The molecule has 0 spiro atoms. The second-order valence-corrected chi connectivity index (χ2v) is 7.74. The highest BCUT2D eigenvalue weighted by molar-refractivity contribution is 5.76. The fourth-order valence-corrected chi connectivity index (χ4v) is 3.55. The van der Waals surface area contributed by atoms with Gasteiger partial charge in [-0.05, 0) is 63.1 Å². The van der Waals surface area contributed by atoms with Crippen LogP contribution >= 0.6 is 0 Å². The molecule has 1 fully saturated rings. The molecule has 3 aromatic carbocycles. The summed E-state index contributed by atoms with van der Waals surface area (Å²) in [6, 6.07) is 28.3. The Labute approximate surface area is 170 Å². The third kappa shape index (κ3) is 5.71. The number of nitrogens with two attached hydrogens (primary N) is 1. The van der Waals surface area contributed by atoms with E-state index >= 15 is 0 Å². The van der Waals surface area contributed by atoms with Crippen LogP contribution in [0.3, 0.4) is 0 Å². The number of rotatable bonds is 3. The molecule has 0 bridgehead atoms. The minimum atomic E-state index is 0.536. The van der Waals surface area contributed by atoms with E-state index in [2.05, 4.69) is 91.5 Å². The van der Waals surface area contributed by atoms with Gasteiger partial charge < -0.3 is 10.6 Å². The molecule has 0 atom stereocenters. The zero-order valence-corrected chi connectivity index (χ0v) is 17.1. The van der Waals surface area contributed by atoms with Crippen LogP contribution in [0, 0.1) is 13.8 Å². The number of para-hydroxylation sites is 1. The van der Waals surface area contributed by atoms with Gasteiger partial charge in [-0.2, -0.15) is 0 Å². The van der Waals surface area contributed by atoms with Crippen LogP contribution in [0.4, 0.5) is 17.1 Å². The van der Waals surface area contributed by atoms with Gasteiger partial charge in [-0.1, -0.05) is 72.9 Å². The normalized spacial score (nSPS) is 14.1. The summed E-state index contributed by atoms with van der Waals surface area (Å²) in [5.74, 6) is 0. The van der Waals surface area contributed by atoms with Crippen molar-refractivity contribution in [2.45, 2.75) is 52.0 Å². The number of benzene rings is 3. The van der Waals surface area contributed by atoms with Gasteiger partial charge in [0.2, 0.25) is 0 Å². The lowest BCUT2D eigenvalue weighted by Gasteiger charge is -2.25. The second kappa shape index (κ2) is 10.1. The number of anilines is 3.